The second-order valence-corrected chi connectivity index (χ2v) is 3.12. The zero-order chi connectivity index (χ0) is 7.84. The van der Waals surface area contributed by atoms with E-state index in [1.165, 1.54) is 5.56 Å². The first-order valence-electron chi connectivity index (χ1n) is 3.91. The van der Waals surface area contributed by atoms with Crippen molar-refractivity contribution in [3.63, 3.8) is 0 Å². The molecule has 0 spiro atoms. The number of Topliss-reactive ketones (excluding diaryl/α,β-unsaturated/α-hetero) is 1. The van der Waals surface area contributed by atoms with Gasteiger partial charge in [0.1, 0.15) is 0 Å². The van der Waals surface area contributed by atoms with Gasteiger partial charge in [0.2, 0.25) is 0 Å². The van der Waals surface area contributed by atoms with Crippen LogP contribution in [0.1, 0.15) is 35.2 Å². The highest BCUT2D eigenvalue weighted by Gasteiger charge is 2.24. The number of hydrogen-bond donors (Lipinski definition) is 0. The van der Waals surface area contributed by atoms with Crippen LogP contribution in [-0.2, 0) is 0 Å². The Balaban J connectivity index is 2.60. The van der Waals surface area contributed by atoms with Crippen molar-refractivity contribution in [1.82, 2.24) is 0 Å². The molecule has 0 saturated carbocycles. The molecule has 0 fully saturated rings. The summed E-state index contributed by atoms with van der Waals surface area (Å²) in [7, 11) is 0. The number of hydrogen-bond acceptors (Lipinski definition) is 1. The number of rotatable bonds is 0. The van der Waals surface area contributed by atoms with Gasteiger partial charge in [0.25, 0.3) is 0 Å². The highest BCUT2D eigenvalue weighted by Crippen LogP contribution is 2.31. The predicted octanol–water partition coefficient (Wildman–Crippen LogP) is 2.38. The van der Waals surface area contributed by atoms with E-state index in [-0.39, 0.29) is 0 Å². The molecule has 2 rings (SSSR count). The SMILES string of the molecule is C[C@H]1CC(=O)c2ccccc21. The highest BCUT2D eigenvalue weighted by molar-refractivity contribution is 6.01. The molecule has 0 saturated heterocycles. The number of fused-ring (bicyclic) bond motifs is 1. The second kappa shape index (κ2) is 2.19. The van der Waals surface area contributed by atoms with Gasteiger partial charge in [0.15, 0.2) is 5.78 Å². The minimum atomic E-state index is 0.299. The molecule has 1 heteroatoms. The quantitative estimate of drug-likeness (QED) is 0.549. The Morgan fingerprint density at radius 3 is 2.82 bits per heavy atom. The van der Waals surface area contributed by atoms with E-state index in [1.807, 2.05) is 24.3 Å². The number of carbonyl (C=O) groups is 1. The van der Waals surface area contributed by atoms with E-state index in [4.69, 9.17) is 0 Å². The second-order valence-electron chi connectivity index (χ2n) is 3.12. The van der Waals surface area contributed by atoms with Crippen LogP contribution in [-0.4, -0.2) is 5.78 Å². The van der Waals surface area contributed by atoms with Gasteiger partial charge in [-0.05, 0) is 11.5 Å². The predicted molar refractivity (Wildman–Crippen MR) is 43.8 cm³/mol. The standard InChI is InChI=1S/C10H10O/c1-7-6-10(11)9-5-3-2-4-8(7)9/h2-5,7H,6H2,1H3/t7-/m0/s1. The van der Waals surface area contributed by atoms with Crippen molar-refractivity contribution in [1.29, 1.82) is 0 Å². The highest BCUT2D eigenvalue weighted by atomic mass is 16.1. The Bertz CT molecular complexity index is 301. The Morgan fingerprint density at radius 1 is 1.36 bits per heavy atom. The van der Waals surface area contributed by atoms with Gasteiger partial charge in [-0.3, -0.25) is 4.79 Å². The molecule has 0 N–H and O–H groups in total. The summed E-state index contributed by atoms with van der Waals surface area (Å²) in [5.74, 6) is 0.729. The van der Waals surface area contributed by atoms with E-state index in [1.54, 1.807) is 0 Å². The van der Waals surface area contributed by atoms with Gasteiger partial charge in [-0.2, -0.15) is 0 Å². The molecule has 1 atom stereocenters. The lowest BCUT2D eigenvalue weighted by Gasteiger charge is -1.99. The van der Waals surface area contributed by atoms with Gasteiger partial charge >= 0.3 is 0 Å². The summed E-state index contributed by atoms with van der Waals surface area (Å²) in [6.45, 7) is 2.10. The molecule has 56 valence electrons. The number of carbonyl (C=O) groups excluding carboxylic acids is 1. The summed E-state index contributed by atoms with van der Waals surface area (Å²) in [5, 5.41) is 0. The average Bonchev–Trinajstić information content (AvgIpc) is 2.30. The first-order chi connectivity index (χ1) is 5.29. The Morgan fingerprint density at radius 2 is 2.09 bits per heavy atom. The lowest BCUT2D eigenvalue weighted by Crippen LogP contribution is -1.89. The summed E-state index contributed by atoms with van der Waals surface area (Å²) in [4.78, 5) is 11.3. The largest absolute Gasteiger partial charge is 0.294 e. The van der Waals surface area contributed by atoms with Crippen LogP contribution in [0.2, 0.25) is 0 Å². The molecule has 1 aromatic carbocycles. The van der Waals surface area contributed by atoms with Gasteiger partial charge in [-0.15, -0.1) is 0 Å². The molecule has 1 aliphatic carbocycles. The first kappa shape index (κ1) is 6.59. The summed E-state index contributed by atoms with van der Waals surface area (Å²) in [5.41, 5.74) is 2.15. The summed E-state index contributed by atoms with van der Waals surface area (Å²) < 4.78 is 0. The molecule has 0 heterocycles. The van der Waals surface area contributed by atoms with Gasteiger partial charge < -0.3 is 0 Å². The Labute approximate surface area is 66.0 Å². The van der Waals surface area contributed by atoms with Gasteiger partial charge in [0.05, 0.1) is 0 Å². The van der Waals surface area contributed by atoms with Crippen LogP contribution in [0.3, 0.4) is 0 Å². The van der Waals surface area contributed by atoms with Crippen molar-refractivity contribution in [3.05, 3.63) is 35.4 Å². The monoisotopic (exact) mass is 146 g/mol. The van der Waals surface area contributed by atoms with Gasteiger partial charge in [-0.25, -0.2) is 0 Å². The third-order valence-corrected chi connectivity index (χ3v) is 2.28. The lowest BCUT2D eigenvalue weighted by atomic mass is 10.0. The molecule has 1 nitrogen and oxygen atoms in total. The summed E-state index contributed by atoms with van der Waals surface area (Å²) in [6.07, 6.45) is 0.694. The maximum absolute atomic E-state index is 11.3. The average molecular weight is 146 g/mol. The van der Waals surface area contributed by atoms with E-state index < -0.39 is 0 Å². The molecular weight excluding hydrogens is 136 g/mol. The van der Waals surface area contributed by atoms with Crippen molar-refractivity contribution in [2.75, 3.05) is 0 Å². The van der Waals surface area contributed by atoms with Gasteiger partial charge in [-0.1, -0.05) is 31.2 Å². The van der Waals surface area contributed by atoms with Crippen molar-refractivity contribution in [2.45, 2.75) is 19.3 Å². The van der Waals surface area contributed by atoms with Crippen LogP contribution in [0.4, 0.5) is 0 Å². The fraction of sp³-hybridized carbons (Fsp3) is 0.300. The van der Waals surface area contributed by atoms with Gasteiger partial charge in [0, 0.05) is 12.0 Å². The van der Waals surface area contributed by atoms with Crippen LogP contribution in [0.15, 0.2) is 24.3 Å². The molecule has 0 aromatic heterocycles. The topological polar surface area (TPSA) is 17.1 Å². The van der Waals surface area contributed by atoms with Crippen LogP contribution >= 0.6 is 0 Å². The Hall–Kier alpha value is -1.11. The van der Waals surface area contributed by atoms with Crippen LogP contribution in [0.5, 0.6) is 0 Å². The molecule has 1 aromatic rings. The molecule has 0 bridgehead atoms. The molecule has 0 aliphatic heterocycles. The molecule has 0 amide bonds. The van der Waals surface area contributed by atoms with E-state index in [2.05, 4.69) is 6.92 Å². The van der Waals surface area contributed by atoms with E-state index in [9.17, 15) is 4.79 Å². The number of ketones is 1. The lowest BCUT2D eigenvalue weighted by molar-refractivity contribution is 0.0990. The third-order valence-electron chi connectivity index (χ3n) is 2.28. The maximum Gasteiger partial charge on any atom is 0.163 e. The normalized spacial score (nSPS) is 21.9. The summed E-state index contributed by atoms with van der Waals surface area (Å²) >= 11 is 0. The first-order valence-corrected chi connectivity index (χ1v) is 3.91. The van der Waals surface area contributed by atoms with Crippen molar-refractivity contribution in [3.8, 4) is 0 Å². The summed E-state index contributed by atoms with van der Waals surface area (Å²) in [6, 6.07) is 7.88. The molecule has 11 heavy (non-hydrogen) atoms. The zero-order valence-corrected chi connectivity index (χ0v) is 6.50. The smallest absolute Gasteiger partial charge is 0.163 e. The number of benzene rings is 1. The molecule has 0 radical (unpaired) electrons. The maximum atomic E-state index is 11.3. The Kier molecular flexibility index (Phi) is 1.31. The fourth-order valence-corrected chi connectivity index (χ4v) is 1.68. The molecule has 0 unspecified atom stereocenters. The minimum Gasteiger partial charge on any atom is -0.294 e. The van der Waals surface area contributed by atoms with E-state index in [0.29, 0.717) is 18.1 Å². The van der Waals surface area contributed by atoms with Crippen LogP contribution < -0.4 is 0 Å². The van der Waals surface area contributed by atoms with Crippen molar-refractivity contribution >= 4 is 5.78 Å². The molecule has 1 aliphatic rings. The fourth-order valence-electron chi connectivity index (χ4n) is 1.68. The zero-order valence-electron chi connectivity index (χ0n) is 6.50. The van der Waals surface area contributed by atoms with Crippen LogP contribution in [0.25, 0.3) is 0 Å². The van der Waals surface area contributed by atoms with Crippen molar-refractivity contribution < 1.29 is 4.79 Å². The minimum absolute atomic E-state index is 0.299. The van der Waals surface area contributed by atoms with E-state index in [0.717, 1.165) is 5.56 Å². The molecular formula is C10H10O. The third kappa shape index (κ3) is 0.881. The van der Waals surface area contributed by atoms with Crippen LogP contribution in [0, 0.1) is 0 Å². The van der Waals surface area contributed by atoms with E-state index >= 15 is 0 Å². The van der Waals surface area contributed by atoms with Crippen molar-refractivity contribution in [2.24, 2.45) is 0 Å².